The Bertz CT molecular complexity index is 1020. The molecular weight excluding hydrogens is 390 g/mol. The first kappa shape index (κ1) is 21.1. The molecule has 0 saturated carbocycles. The number of ether oxygens (including phenoxy) is 2. The zero-order valence-electron chi connectivity index (χ0n) is 18.4. The minimum atomic E-state index is -0.0306. The summed E-state index contributed by atoms with van der Waals surface area (Å²) in [5.41, 5.74) is 4.69. The highest BCUT2D eigenvalue weighted by Gasteiger charge is 2.19. The summed E-state index contributed by atoms with van der Waals surface area (Å²) in [5, 5.41) is 4.68. The second kappa shape index (κ2) is 9.35. The van der Waals surface area contributed by atoms with Crippen molar-refractivity contribution in [2.24, 2.45) is 0 Å². The second-order valence-corrected chi connectivity index (χ2v) is 8.03. The normalized spacial score (nSPS) is 15.8. The van der Waals surface area contributed by atoms with E-state index in [1.165, 1.54) is 0 Å². The maximum Gasteiger partial charge on any atom is 0.253 e. The molecule has 1 aromatic heterocycles. The van der Waals surface area contributed by atoms with E-state index in [0.29, 0.717) is 18.7 Å². The first-order valence-electron chi connectivity index (χ1n) is 10.7. The molecular formula is C25H29N3O3. The Kier molecular flexibility index (Phi) is 6.37. The lowest BCUT2D eigenvalue weighted by atomic mass is 10.1. The molecule has 6 nitrogen and oxygen atoms in total. The lowest BCUT2D eigenvalue weighted by Gasteiger charge is -2.18. The van der Waals surface area contributed by atoms with Crippen LogP contribution < -0.4 is 4.74 Å². The van der Waals surface area contributed by atoms with Crippen molar-refractivity contribution in [3.05, 3.63) is 77.1 Å². The van der Waals surface area contributed by atoms with Crippen LogP contribution in [0.1, 0.15) is 40.2 Å². The van der Waals surface area contributed by atoms with Crippen LogP contribution in [0.15, 0.2) is 54.6 Å². The van der Waals surface area contributed by atoms with Crippen molar-refractivity contribution >= 4 is 5.91 Å². The third-order valence-corrected chi connectivity index (χ3v) is 5.75. The van der Waals surface area contributed by atoms with Gasteiger partial charge >= 0.3 is 0 Å². The molecule has 0 spiro atoms. The molecule has 0 bridgehead atoms. The quantitative estimate of drug-likeness (QED) is 0.572. The molecule has 162 valence electrons. The summed E-state index contributed by atoms with van der Waals surface area (Å²) in [6.45, 7) is 5.90. The third-order valence-electron chi connectivity index (χ3n) is 5.75. The van der Waals surface area contributed by atoms with E-state index in [4.69, 9.17) is 9.47 Å². The number of carbonyl (C=O) groups excluding carboxylic acids is 1. The van der Waals surface area contributed by atoms with Gasteiger partial charge in [0.05, 0.1) is 17.5 Å². The molecule has 4 rings (SSSR count). The number of hydrogen-bond acceptors (Lipinski definition) is 4. The molecule has 1 saturated heterocycles. The van der Waals surface area contributed by atoms with E-state index in [1.54, 1.807) is 4.90 Å². The molecule has 1 amide bonds. The molecule has 0 N–H and O–H groups in total. The molecule has 31 heavy (non-hydrogen) atoms. The van der Waals surface area contributed by atoms with E-state index in [1.807, 2.05) is 80.2 Å². The van der Waals surface area contributed by atoms with Crippen LogP contribution in [0.3, 0.4) is 0 Å². The highest BCUT2D eigenvalue weighted by Crippen LogP contribution is 2.21. The SMILES string of the molecule is Cc1nn(-c2ccccc2)c(C)c1CN(C)C(=O)c1ccc(OC[C@@H]2CCCO2)cc1. The molecule has 1 aliphatic heterocycles. The zero-order valence-corrected chi connectivity index (χ0v) is 18.4. The van der Waals surface area contributed by atoms with Crippen LogP contribution in [0.2, 0.25) is 0 Å². The summed E-state index contributed by atoms with van der Waals surface area (Å²) in [7, 11) is 1.82. The molecule has 3 aromatic rings. The molecule has 1 fully saturated rings. The van der Waals surface area contributed by atoms with Crippen LogP contribution in [0.25, 0.3) is 5.69 Å². The van der Waals surface area contributed by atoms with Crippen molar-refractivity contribution in [3.8, 4) is 11.4 Å². The van der Waals surface area contributed by atoms with E-state index >= 15 is 0 Å². The number of nitrogens with zero attached hydrogens (tertiary/aromatic N) is 3. The molecule has 6 heteroatoms. The number of aryl methyl sites for hydroxylation is 1. The highest BCUT2D eigenvalue weighted by molar-refractivity contribution is 5.94. The van der Waals surface area contributed by atoms with Crippen LogP contribution in [0, 0.1) is 13.8 Å². The van der Waals surface area contributed by atoms with E-state index < -0.39 is 0 Å². The minimum absolute atomic E-state index is 0.0306. The van der Waals surface area contributed by atoms with Gasteiger partial charge in [-0.15, -0.1) is 0 Å². The average Bonchev–Trinajstić information content (AvgIpc) is 3.42. The predicted molar refractivity (Wildman–Crippen MR) is 120 cm³/mol. The fourth-order valence-electron chi connectivity index (χ4n) is 3.91. The number of amides is 1. The fraction of sp³-hybridized carbons (Fsp3) is 0.360. The molecule has 0 radical (unpaired) electrons. The van der Waals surface area contributed by atoms with Crippen LogP contribution in [-0.4, -0.2) is 47.0 Å². The molecule has 2 aromatic carbocycles. The van der Waals surface area contributed by atoms with Crippen molar-refractivity contribution < 1.29 is 14.3 Å². The predicted octanol–water partition coefficient (Wildman–Crippen LogP) is 4.32. The van der Waals surface area contributed by atoms with Gasteiger partial charge in [-0.1, -0.05) is 18.2 Å². The van der Waals surface area contributed by atoms with Gasteiger partial charge in [-0.2, -0.15) is 5.10 Å². The maximum atomic E-state index is 13.0. The maximum absolute atomic E-state index is 13.0. The van der Waals surface area contributed by atoms with E-state index in [9.17, 15) is 4.79 Å². The Labute approximate surface area is 183 Å². The lowest BCUT2D eigenvalue weighted by molar-refractivity contribution is 0.0679. The Hall–Kier alpha value is -3.12. The van der Waals surface area contributed by atoms with Crippen LogP contribution in [0.4, 0.5) is 0 Å². The summed E-state index contributed by atoms with van der Waals surface area (Å²) < 4.78 is 13.3. The number of rotatable bonds is 7. The number of hydrogen-bond donors (Lipinski definition) is 0. The monoisotopic (exact) mass is 419 g/mol. The highest BCUT2D eigenvalue weighted by atomic mass is 16.5. The minimum Gasteiger partial charge on any atom is -0.491 e. The summed E-state index contributed by atoms with van der Waals surface area (Å²) in [5.74, 6) is 0.725. The van der Waals surface area contributed by atoms with Gasteiger partial charge in [0.15, 0.2) is 0 Å². The standard InChI is InChI=1S/C25H29N3O3/c1-18-24(19(2)28(26-18)21-8-5-4-6-9-21)16-27(3)25(29)20-11-13-22(14-12-20)31-17-23-10-7-15-30-23/h4-6,8-9,11-14,23H,7,10,15-17H2,1-3H3/t23-/m0/s1. The first-order valence-corrected chi connectivity index (χ1v) is 10.7. The van der Waals surface area contributed by atoms with Gasteiger partial charge in [-0.3, -0.25) is 4.79 Å². The van der Waals surface area contributed by atoms with Crippen LogP contribution in [-0.2, 0) is 11.3 Å². The molecule has 2 heterocycles. The topological polar surface area (TPSA) is 56.6 Å². The fourth-order valence-corrected chi connectivity index (χ4v) is 3.91. The van der Waals surface area contributed by atoms with Crippen molar-refractivity contribution in [2.45, 2.75) is 39.3 Å². The lowest BCUT2D eigenvalue weighted by Crippen LogP contribution is -2.26. The number of benzene rings is 2. The van der Waals surface area contributed by atoms with E-state index in [0.717, 1.165) is 47.8 Å². The van der Waals surface area contributed by atoms with Crippen molar-refractivity contribution in [2.75, 3.05) is 20.3 Å². The summed E-state index contributed by atoms with van der Waals surface area (Å²) in [4.78, 5) is 14.7. The van der Waals surface area contributed by atoms with Gasteiger partial charge in [0.2, 0.25) is 0 Å². The first-order chi connectivity index (χ1) is 15.0. The van der Waals surface area contributed by atoms with Gasteiger partial charge in [-0.25, -0.2) is 4.68 Å². The Morgan fingerprint density at radius 1 is 1.16 bits per heavy atom. The van der Waals surface area contributed by atoms with Crippen molar-refractivity contribution in [1.82, 2.24) is 14.7 Å². The van der Waals surface area contributed by atoms with E-state index in [2.05, 4.69) is 5.10 Å². The zero-order chi connectivity index (χ0) is 21.8. The van der Waals surface area contributed by atoms with Crippen molar-refractivity contribution in [1.29, 1.82) is 0 Å². The van der Waals surface area contributed by atoms with Gasteiger partial charge in [0.25, 0.3) is 5.91 Å². The van der Waals surface area contributed by atoms with Crippen molar-refractivity contribution in [3.63, 3.8) is 0 Å². The third kappa shape index (κ3) is 4.80. The van der Waals surface area contributed by atoms with Gasteiger partial charge < -0.3 is 14.4 Å². The number of para-hydroxylation sites is 1. The summed E-state index contributed by atoms with van der Waals surface area (Å²) in [6.07, 6.45) is 2.31. The van der Waals surface area contributed by atoms with Gasteiger partial charge in [0, 0.05) is 37.0 Å². The van der Waals surface area contributed by atoms with Crippen LogP contribution >= 0.6 is 0 Å². The number of carbonyl (C=O) groups is 1. The summed E-state index contributed by atoms with van der Waals surface area (Å²) >= 11 is 0. The molecule has 1 atom stereocenters. The van der Waals surface area contributed by atoms with Crippen LogP contribution in [0.5, 0.6) is 5.75 Å². The smallest absolute Gasteiger partial charge is 0.253 e. The van der Waals surface area contributed by atoms with Gasteiger partial charge in [0.1, 0.15) is 12.4 Å². The Morgan fingerprint density at radius 3 is 2.58 bits per heavy atom. The summed E-state index contributed by atoms with van der Waals surface area (Å²) in [6, 6.07) is 17.4. The average molecular weight is 420 g/mol. The second-order valence-electron chi connectivity index (χ2n) is 8.03. The molecule has 1 aliphatic rings. The van der Waals surface area contributed by atoms with E-state index in [-0.39, 0.29) is 12.0 Å². The largest absolute Gasteiger partial charge is 0.491 e. The molecule has 0 unspecified atom stereocenters. The Balaban J connectivity index is 1.41. The van der Waals surface area contributed by atoms with Gasteiger partial charge in [-0.05, 0) is 63.1 Å². The Morgan fingerprint density at radius 2 is 1.90 bits per heavy atom. The molecule has 0 aliphatic carbocycles. The number of aromatic nitrogens is 2.